The molecule has 0 atom stereocenters. The van der Waals surface area contributed by atoms with Gasteiger partial charge in [-0.1, -0.05) is 48.5 Å². The van der Waals surface area contributed by atoms with Gasteiger partial charge < -0.3 is 10.5 Å². The van der Waals surface area contributed by atoms with E-state index in [1.165, 1.54) is 22.3 Å². The van der Waals surface area contributed by atoms with E-state index in [9.17, 15) is 0 Å². The van der Waals surface area contributed by atoms with Crippen LogP contribution in [0.1, 0.15) is 28.7 Å². The highest BCUT2D eigenvalue weighted by atomic mass is 16.5. The van der Waals surface area contributed by atoms with Gasteiger partial charge in [0, 0.05) is 12.5 Å². The van der Waals surface area contributed by atoms with E-state index in [4.69, 9.17) is 10.5 Å². The standard InChI is InChI=1S/C19H23NO/c1-21-14-19(12-13-20)17-8-4-2-6-15(17)10-11-16-7-3-5-9-18(16)19/h2-9H,10-14,20H2,1H3. The molecule has 2 heteroatoms. The number of benzene rings is 2. The monoisotopic (exact) mass is 281 g/mol. The zero-order valence-electron chi connectivity index (χ0n) is 12.6. The number of ether oxygens (including phenoxy) is 1. The van der Waals surface area contributed by atoms with Crippen LogP contribution < -0.4 is 5.73 Å². The van der Waals surface area contributed by atoms with Crippen LogP contribution in [0.3, 0.4) is 0 Å². The molecule has 2 aromatic rings. The molecule has 2 N–H and O–H groups in total. The van der Waals surface area contributed by atoms with Crippen molar-refractivity contribution in [2.24, 2.45) is 5.73 Å². The van der Waals surface area contributed by atoms with Crippen molar-refractivity contribution in [2.75, 3.05) is 20.3 Å². The van der Waals surface area contributed by atoms with Gasteiger partial charge in [-0.25, -0.2) is 0 Å². The molecule has 2 aromatic carbocycles. The molecule has 1 aliphatic carbocycles. The molecule has 0 bridgehead atoms. The van der Waals surface area contributed by atoms with Crippen molar-refractivity contribution in [2.45, 2.75) is 24.7 Å². The summed E-state index contributed by atoms with van der Waals surface area (Å²) < 4.78 is 5.65. The number of methoxy groups -OCH3 is 1. The average Bonchev–Trinajstić information content (AvgIpc) is 2.65. The molecule has 1 aliphatic rings. The Hall–Kier alpha value is -1.64. The molecular formula is C19H23NO. The van der Waals surface area contributed by atoms with Crippen molar-refractivity contribution in [3.63, 3.8) is 0 Å². The van der Waals surface area contributed by atoms with Gasteiger partial charge in [0.05, 0.1) is 6.61 Å². The quantitative estimate of drug-likeness (QED) is 0.935. The molecular weight excluding hydrogens is 258 g/mol. The van der Waals surface area contributed by atoms with Crippen LogP contribution in [0.2, 0.25) is 0 Å². The second-order valence-corrected chi connectivity index (χ2v) is 5.87. The molecule has 0 aliphatic heterocycles. The fraction of sp³-hybridized carbons (Fsp3) is 0.368. The molecule has 0 saturated carbocycles. The Morgan fingerprint density at radius 3 is 1.95 bits per heavy atom. The van der Waals surface area contributed by atoms with Crippen molar-refractivity contribution in [3.05, 3.63) is 70.8 Å². The third-order valence-electron chi connectivity index (χ3n) is 4.69. The molecule has 0 unspecified atom stereocenters. The minimum absolute atomic E-state index is 0.118. The second-order valence-electron chi connectivity index (χ2n) is 5.87. The lowest BCUT2D eigenvalue weighted by molar-refractivity contribution is 0.143. The highest BCUT2D eigenvalue weighted by Crippen LogP contribution is 2.42. The molecule has 110 valence electrons. The summed E-state index contributed by atoms with van der Waals surface area (Å²) in [6.45, 7) is 1.34. The van der Waals surface area contributed by atoms with E-state index in [0.717, 1.165) is 19.3 Å². The lowest BCUT2D eigenvalue weighted by Gasteiger charge is -2.35. The summed E-state index contributed by atoms with van der Waals surface area (Å²) in [5.74, 6) is 0. The SMILES string of the molecule is COCC1(CCN)c2ccccc2CCc2ccccc21. The smallest absolute Gasteiger partial charge is 0.0600 e. The van der Waals surface area contributed by atoms with Crippen LogP contribution >= 0.6 is 0 Å². The topological polar surface area (TPSA) is 35.2 Å². The van der Waals surface area contributed by atoms with E-state index >= 15 is 0 Å². The average molecular weight is 281 g/mol. The third-order valence-corrected chi connectivity index (χ3v) is 4.69. The predicted molar refractivity (Wildman–Crippen MR) is 86.6 cm³/mol. The van der Waals surface area contributed by atoms with Crippen molar-refractivity contribution in [1.29, 1.82) is 0 Å². The van der Waals surface area contributed by atoms with E-state index < -0.39 is 0 Å². The second kappa shape index (κ2) is 6.00. The minimum Gasteiger partial charge on any atom is -0.383 e. The van der Waals surface area contributed by atoms with Crippen LogP contribution in [0.25, 0.3) is 0 Å². The Morgan fingerprint density at radius 2 is 1.48 bits per heavy atom. The third kappa shape index (κ3) is 2.39. The lowest BCUT2D eigenvalue weighted by atomic mass is 9.71. The fourth-order valence-electron chi connectivity index (χ4n) is 3.81. The van der Waals surface area contributed by atoms with Gasteiger partial charge >= 0.3 is 0 Å². The summed E-state index contributed by atoms with van der Waals surface area (Å²) in [6.07, 6.45) is 3.08. The van der Waals surface area contributed by atoms with Crippen LogP contribution in [0, 0.1) is 0 Å². The van der Waals surface area contributed by atoms with E-state index in [-0.39, 0.29) is 5.41 Å². The zero-order valence-corrected chi connectivity index (χ0v) is 12.6. The summed E-state index contributed by atoms with van der Waals surface area (Å²) in [5, 5.41) is 0. The van der Waals surface area contributed by atoms with Crippen LogP contribution in [0.15, 0.2) is 48.5 Å². The van der Waals surface area contributed by atoms with Gasteiger partial charge in [-0.2, -0.15) is 0 Å². The van der Waals surface area contributed by atoms with E-state index in [1.807, 2.05) is 0 Å². The number of rotatable bonds is 4. The first kappa shape index (κ1) is 14.3. The predicted octanol–water partition coefficient (Wildman–Crippen LogP) is 3.07. The fourth-order valence-corrected chi connectivity index (χ4v) is 3.81. The summed E-state index contributed by atoms with van der Waals surface area (Å²) >= 11 is 0. The Kier molecular flexibility index (Phi) is 4.09. The number of hydrogen-bond acceptors (Lipinski definition) is 2. The number of hydrogen-bond donors (Lipinski definition) is 1. The minimum atomic E-state index is -0.118. The molecule has 0 radical (unpaired) electrons. The molecule has 0 spiro atoms. The van der Waals surface area contributed by atoms with Gasteiger partial charge in [-0.3, -0.25) is 0 Å². The first-order chi connectivity index (χ1) is 10.3. The van der Waals surface area contributed by atoms with Crippen molar-refractivity contribution in [3.8, 4) is 0 Å². The van der Waals surface area contributed by atoms with Gasteiger partial charge in [0.1, 0.15) is 0 Å². The van der Waals surface area contributed by atoms with Gasteiger partial charge in [0.15, 0.2) is 0 Å². The normalized spacial score (nSPS) is 15.9. The maximum absolute atomic E-state index is 5.98. The Labute approximate surface area is 126 Å². The highest BCUT2D eigenvalue weighted by molar-refractivity contribution is 5.50. The zero-order chi connectivity index (χ0) is 14.7. The molecule has 0 amide bonds. The largest absolute Gasteiger partial charge is 0.383 e. The number of aryl methyl sites for hydroxylation is 2. The first-order valence-corrected chi connectivity index (χ1v) is 7.67. The summed E-state index contributed by atoms with van der Waals surface area (Å²) in [7, 11) is 1.79. The Balaban J connectivity index is 2.27. The summed E-state index contributed by atoms with van der Waals surface area (Å²) in [6, 6.07) is 17.5. The van der Waals surface area contributed by atoms with Crippen LogP contribution in [-0.4, -0.2) is 20.3 Å². The van der Waals surface area contributed by atoms with Crippen LogP contribution in [0.4, 0.5) is 0 Å². The molecule has 21 heavy (non-hydrogen) atoms. The lowest BCUT2D eigenvalue weighted by Crippen LogP contribution is -2.36. The Bertz CT molecular complexity index is 565. The van der Waals surface area contributed by atoms with E-state index in [0.29, 0.717) is 13.2 Å². The molecule has 0 heterocycles. The maximum atomic E-state index is 5.98. The molecule has 0 fully saturated rings. The maximum Gasteiger partial charge on any atom is 0.0600 e. The first-order valence-electron chi connectivity index (χ1n) is 7.67. The molecule has 2 nitrogen and oxygen atoms in total. The van der Waals surface area contributed by atoms with E-state index in [2.05, 4.69) is 48.5 Å². The highest BCUT2D eigenvalue weighted by Gasteiger charge is 2.38. The van der Waals surface area contributed by atoms with Gasteiger partial charge in [0.25, 0.3) is 0 Å². The van der Waals surface area contributed by atoms with Crippen LogP contribution in [0.5, 0.6) is 0 Å². The van der Waals surface area contributed by atoms with Gasteiger partial charge in [0.2, 0.25) is 0 Å². The summed E-state index contributed by atoms with van der Waals surface area (Å²) in [5.41, 5.74) is 11.5. The van der Waals surface area contributed by atoms with Crippen molar-refractivity contribution < 1.29 is 4.74 Å². The molecule has 0 saturated heterocycles. The van der Waals surface area contributed by atoms with Crippen molar-refractivity contribution >= 4 is 0 Å². The van der Waals surface area contributed by atoms with Crippen molar-refractivity contribution in [1.82, 2.24) is 0 Å². The summed E-state index contributed by atoms with van der Waals surface area (Å²) in [4.78, 5) is 0. The Morgan fingerprint density at radius 1 is 0.952 bits per heavy atom. The molecule has 3 rings (SSSR count). The number of fused-ring (bicyclic) bond motifs is 2. The number of nitrogens with two attached hydrogens (primary N) is 1. The van der Waals surface area contributed by atoms with Gasteiger partial charge in [-0.15, -0.1) is 0 Å². The van der Waals surface area contributed by atoms with E-state index in [1.54, 1.807) is 7.11 Å². The van der Waals surface area contributed by atoms with Crippen LogP contribution in [-0.2, 0) is 23.0 Å². The van der Waals surface area contributed by atoms with Gasteiger partial charge in [-0.05, 0) is 48.1 Å². The molecule has 0 aromatic heterocycles.